The summed E-state index contributed by atoms with van der Waals surface area (Å²) in [5.74, 6) is -0.314. The highest BCUT2D eigenvalue weighted by Gasteiger charge is 2.43. The number of rotatable bonds is 7. The Morgan fingerprint density at radius 3 is 1.77 bits per heavy atom. The third-order valence-electron chi connectivity index (χ3n) is 4.33. The lowest BCUT2D eigenvalue weighted by atomic mass is 10.2. The maximum Gasteiger partial charge on any atom is 0.453 e. The van der Waals surface area contributed by atoms with Crippen LogP contribution in [0.3, 0.4) is 0 Å². The number of ether oxygens (including phenoxy) is 1. The number of methoxy groups -OCH3 is 1. The summed E-state index contributed by atoms with van der Waals surface area (Å²) in [6, 6.07) is 23.9. The molecule has 0 saturated carbocycles. The number of carbonyl (C=O) groups excluding carboxylic acids is 1. The predicted octanol–water partition coefficient (Wildman–Crippen LogP) is 5.54. The normalized spacial score (nSPS) is 11.9. The summed E-state index contributed by atoms with van der Waals surface area (Å²) >= 11 is 0. The van der Waals surface area contributed by atoms with E-state index in [-0.39, 0.29) is 0 Å². The lowest BCUT2D eigenvalue weighted by molar-refractivity contribution is 0.177. The number of amides is 1. The van der Waals surface area contributed by atoms with Gasteiger partial charge >= 0.3 is 13.7 Å². The number of para-hydroxylation sites is 2. The summed E-state index contributed by atoms with van der Waals surface area (Å²) in [6.07, 6.45) is -0.708. The largest absolute Gasteiger partial charge is 0.453 e. The summed E-state index contributed by atoms with van der Waals surface area (Å²) < 4.78 is 30.7. The molecule has 1 atom stereocenters. The highest BCUT2D eigenvalue weighted by atomic mass is 31.2. The molecule has 0 aliphatic carbocycles. The topological polar surface area (TPSA) is 91.1 Å². The van der Waals surface area contributed by atoms with E-state index < -0.39 is 19.5 Å². The molecule has 3 aromatic carbocycles. The second kappa shape index (κ2) is 9.37. The van der Waals surface area contributed by atoms with Crippen LogP contribution in [0.25, 0.3) is 0 Å². The van der Waals surface area contributed by atoms with Gasteiger partial charge in [-0.3, -0.25) is 4.90 Å². The molecule has 0 fully saturated rings. The Labute approximate surface area is 175 Å². The van der Waals surface area contributed by atoms with Crippen LogP contribution in [-0.4, -0.2) is 19.0 Å². The van der Waals surface area contributed by atoms with Crippen molar-refractivity contribution < 1.29 is 23.1 Å². The first-order chi connectivity index (χ1) is 14.4. The van der Waals surface area contributed by atoms with Crippen LogP contribution in [0.1, 0.15) is 6.92 Å². The van der Waals surface area contributed by atoms with E-state index in [2.05, 4.69) is 0 Å². The summed E-state index contributed by atoms with van der Waals surface area (Å²) in [6.45, 7) is 1.58. The molecule has 1 amide bonds. The van der Waals surface area contributed by atoms with Gasteiger partial charge in [-0.1, -0.05) is 36.4 Å². The SMILES string of the molecule is COC(=O)N(c1ccc(N)cc1)C(C)P(=O)(Oc1ccccc1)Oc1ccccc1. The lowest BCUT2D eigenvalue weighted by Crippen LogP contribution is -2.40. The number of carbonyl (C=O) groups is 1. The maximum atomic E-state index is 14.0. The van der Waals surface area contributed by atoms with Gasteiger partial charge in [0, 0.05) is 11.4 Å². The zero-order chi connectivity index (χ0) is 21.6. The van der Waals surface area contributed by atoms with Crippen molar-refractivity contribution in [2.45, 2.75) is 12.7 Å². The molecule has 0 saturated heterocycles. The van der Waals surface area contributed by atoms with Crippen molar-refractivity contribution in [3.63, 3.8) is 0 Å². The summed E-state index contributed by atoms with van der Waals surface area (Å²) in [7, 11) is -2.71. The third-order valence-corrected chi connectivity index (χ3v) is 6.40. The molecule has 8 heteroatoms. The summed E-state index contributed by atoms with van der Waals surface area (Å²) in [4.78, 5) is 13.9. The van der Waals surface area contributed by atoms with Crippen LogP contribution >= 0.6 is 7.60 Å². The van der Waals surface area contributed by atoms with Gasteiger partial charge in [-0.25, -0.2) is 9.36 Å². The average molecular weight is 426 g/mol. The van der Waals surface area contributed by atoms with Crippen molar-refractivity contribution in [3.8, 4) is 11.5 Å². The van der Waals surface area contributed by atoms with Gasteiger partial charge in [0.25, 0.3) is 0 Å². The van der Waals surface area contributed by atoms with E-state index in [1.54, 1.807) is 79.7 Å². The van der Waals surface area contributed by atoms with Gasteiger partial charge in [0.2, 0.25) is 0 Å². The van der Waals surface area contributed by atoms with Crippen LogP contribution in [0, 0.1) is 0 Å². The van der Waals surface area contributed by atoms with E-state index in [4.69, 9.17) is 19.5 Å². The molecular formula is C22H23N2O5P. The first-order valence-corrected chi connectivity index (χ1v) is 10.9. The van der Waals surface area contributed by atoms with Crippen LogP contribution in [0.15, 0.2) is 84.9 Å². The first kappa shape index (κ1) is 21.3. The van der Waals surface area contributed by atoms with Crippen molar-refractivity contribution in [3.05, 3.63) is 84.9 Å². The summed E-state index contributed by atoms with van der Waals surface area (Å²) in [5.41, 5.74) is 6.73. The third kappa shape index (κ3) is 4.93. The Kier molecular flexibility index (Phi) is 6.65. The Balaban J connectivity index is 2.03. The van der Waals surface area contributed by atoms with Crippen LogP contribution in [0.2, 0.25) is 0 Å². The van der Waals surface area contributed by atoms with Gasteiger partial charge in [0.1, 0.15) is 11.5 Å². The molecule has 0 radical (unpaired) electrons. The van der Waals surface area contributed by atoms with Gasteiger partial charge < -0.3 is 19.5 Å². The van der Waals surface area contributed by atoms with Crippen molar-refractivity contribution in [2.24, 2.45) is 0 Å². The van der Waals surface area contributed by atoms with E-state index >= 15 is 0 Å². The molecule has 7 nitrogen and oxygen atoms in total. The fraction of sp³-hybridized carbons (Fsp3) is 0.136. The molecular weight excluding hydrogens is 403 g/mol. The van der Waals surface area contributed by atoms with Crippen LogP contribution < -0.4 is 19.7 Å². The Bertz CT molecular complexity index is 967. The van der Waals surface area contributed by atoms with E-state index in [0.717, 1.165) is 0 Å². The molecule has 1 unspecified atom stereocenters. The molecule has 30 heavy (non-hydrogen) atoms. The van der Waals surface area contributed by atoms with Gasteiger partial charge in [0.15, 0.2) is 5.78 Å². The number of nitrogens with two attached hydrogens (primary N) is 1. The zero-order valence-electron chi connectivity index (χ0n) is 16.7. The quantitative estimate of drug-likeness (QED) is 0.394. The molecule has 3 aromatic rings. The fourth-order valence-electron chi connectivity index (χ4n) is 2.78. The molecule has 2 N–H and O–H groups in total. The molecule has 0 spiro atoms. The van der Waals surface area contributed by atoms with Crippen molar-refractivity contribution in [2.75, 3.05) is 17.7 Å². The minimum absolute atomic E-state index is 0.353. The number of nitrogens with zero attached hydrogens (tertiary/aromatic N) is 1. The monoisotopic (exact) mass is 426 g/mol. The van der Waals surface area contributed by atoms with Gasteiger partial charge in [0.05, 0.1) is 7.11 Å². The molecule has 3 rings (SSSR count). The van der Waals surface area contributed by atoms with E-state index in [1.807, 2.05) is 12.1 Å². The molecule has 156 valence electrons. The number of hydrogen-bond acceptors (Lipinski definition) is 6. The van der Waals surface area contributed by atoms with Gasteiger partial charge in [-0.15, -0.1) is 0 Å². The smallest absolute Gasteiger partial charge is 0.452 e. The number of nitrogen functional groups attached to an aromatic ring is 1. The minimum Gasteiger partial charge on any atom is -0.452 e. The van der Waals surface area contributed by atoms with Crippen LogP contribution in [0.4, 0.5) is 16.2 Å². The Hall–Kier alpha value is -3.44. The van der Waals surface area contributed by atoms with Crippen molar-refractivity contribution >= 4 is 25.1 Å². The molecule has 0 aromatic heterocycles. The Morgan fingerprint density at radius 1 is 0.867 bits per heavy atom. The molecule has 0 bridgehead atoms. The van der Waals surface area contributed by atoms with Crippen molar-refractivity contribution in [1.82, 2.24) is 0 Å². The average Bonchev–Trinajstić information content (AvgIpc) is 2.76. The van der Waals surface area contributed by atoms with Crippen LogP contribution in [-0.2, 0) is 9.30 Å². The predicted molar refractivity (Wildman–Crippen MR) is 117 cm³/mol. The molecule has 0 aliphatic heterocycles. The van der Waals surface area contributed by atoms with Gasteiger partial charge in [-0.05, 0) is 55.5 Å². The number of anilines is 2. The second-order valence-electron chi connectivity index (χ2n) is 6.41. The molecule has 0 heterocycles. The highest BCUT2D eigenvalue weighted by molar-refractivity contribution is 7.55. The van der Waals surface area contributed by atoms with Crippen molar-refractivity contribution in [1.29, 1.82) is 0 Å². The number of hydrogen-bond donors (Lipinski definition) is 1. The fourth-order valence-corrected chi connectivity index (χ4v) is 4.46. The number of benzene rings is 3. The molecule has 0 aliphatic rings. The van der Waals surface area contributed by atoms with E-state index in [9.17, 15) is 9.36 Å². The highest BCUT2D eigenvalue weighted by Crippen LogP contribution is 2.54. The Morgan fingerprint density at radius 2 is 1.33 bits per heavy atom. The zero-order valence-corrected chi connectivity index (χ0v) is 17.6. The van der Waals surface area contributed by atoms with E-state index in [1.165, 1.54) is 12.0 Å². The summed E-state index contributed by atoms with van der Waals surface area (Å²) in [5, 5.41) is 0. The van der Waals surface area contributed by atoms with Gasteiger partial charge in [-0.2, -0.15) is 0 Å². The van der Waals surface area contributed by atoms with E-state index in [0.29, 0.717) is 22.9 Å². The minimum atomic E-state index is -3.96. The first-order valence-electron chi connectivity index (χ1n) is 9.24. The second-order valence-corrected chi connectivity index (χ2v) is 8.60. The van der Waals surface area contributed by atoms with Crippen LogP contribution in [0.5, 0.6) is 11.5 Å². The maximum absolute atomic E-state index is 14.0. The standard InChI is InChI=1S/C22H23N2O5P/c1-17(24(22(25)27-2)19-15-13-18(23)14-16-19)30(26,28-20-9-5-3-6-10-20)29-21-11-7-4-8-12-21/h3-17H,23H2,1-2H3. The lowest BCUT2D eigenvalue weighted by Gasteiger charge is -2.32.